The van der Waals surface area contributed by atoms with Gasteiger partial charge >= 0.3 is 5.97 Å². The fraction of sp³-hybridized carbons (Fsp3) is 0.235. The summed E-state index contributed by atoms with van der Waals surface area (Å²) in [6, 6.07) is 14.0. The fourth-order valence-corrected chi connectivity index (χ4v) is 1.86. The van der Waals surface area contributed by atoms with Crippen molar-refractivity contribution in [3.63, 3.8) is 0 Å². The van der Waals surface area contributed by atoms with E-state index < -0.39 is 0 Å². The molecule has 0 aliphatic rings. The molecule has 0 radical (unpaired) electrons. The standard InChI is InChI=1S/C17H18O2/c1-4-17(18)19-16-7-5-6-14(11-16)15-9-8-12(2)13(3)10-15/h5-11H,4H2,1-3H3. The first kappa shape index (κ1) is 13.3. The lowest BCUT2D eigenvalue weighted by atomic mass is 10.0. The molecule has 0 heterocycles. The van der Waals surface area contributed by atoms with E-state index in [0.717, 1.165) is 11.1 Å². The van der Waals surface area contributed by atoms with E-state index >= 15 is 0 Å². The molecule has 2 rings (SSSR count). The fourth-order valence-electron chi connectivity index (χ4n) is 1.86. The Hall–Kier alpha value is -2.09. The monoisotopic (exact) mass is 254 g/mol. The average Bonchev–Trinajstić information content (AvgIpc) is 2.42. The Labute approximate surface area is 114 Å². The maximum atomic E-state index is 11.3. The van der Waals surface area contributed by atoms with Gasteiger partial charge in [0, 0.05) is 6.42 Å². The number of ether oxygens (including phenoxy) is 1. The van der Waals surface area contributed by atoms with Crippen molar-refractivity contribution in [3.05, 3.63) is 53.6 Å². The van der Waals surface area contributed by atoms with E-state index in [4.69, 9.17) is 4.74 Å². The molecule has 2 aromatic rings. The van der Waals surface area contributed by atoms with Crippen molar-refractivity contribution in [2.45, 2.75) is 27.2 Å². The lowest BCUT2D eigenvalue weighted by molar-refractivity contribution is -0.134. The number of rotatable bonds is 3. The smallest absolute Gasteiger partial charge is 0.310 e. The van der Waals surface area contributed by atoms with E-state index in [1.54, 1.807) is 13.0 Å². The third kappa shape index (κ3) is 3.22. The molecule has 0 N–H and O–H groups in total. The van der Waals surface area contributed by atoms with E-state index in [1.165, 1.54) is 11.1 Å². The molecule has 0 atom stereocenters. The second kappa shape index (κ2) is 5.70. The minimum Gasteiger partial charge on any atom is -0.427 e. The normalized spacial score (nSPS) is 10.3. The zero-order valence-electron chi connectivity index (χ0n) is 11.6. The topological polar surface area (TPSA) is 26.3 Å². The van der Waals surface area contributed by atoms with Gasteiger partial charge in [-0.3, -0.25) is 4.79 Å². The van der Waals surface area contributed by atoms with Gasteiger partial charge in [-0.25, -0.2) is 0 Å². The largest absolute Gasteiger partial charge is 0.427 e. The molecule has 0 bridgehead atoms. The number of aryl methyl sites for hydroxylation is 2. The van der Waals surface area contributed by atoms with Gasteiger partial charge in [0.2, 0.25) is 0 Å². The van der Waals surface area contributed by atoms with Gasteiger partial charge in [-0.15, -0.1) is 0 Å². The van der Waals surface area contributed by atoms with Crippen molar-refractivity contribution in [1.29, 1.82) is 0 Å². The number of hydrogen-bond donors (Lipinski definition) is 0. The van der Waals surface area contributed by atoms with Crippen LogP contribution < -0.4 is 4.74 Å². The molecule has 0 aromatic heterocycles. The average molecular weight is 254 g/mol. The summed E-state index contributed by atoms with van der Waals surface area (Å²) in [5.74, 6) is 0.389. The van der Waals surface area contributed by atoms with Crippen molar-refractivity contribution in [1.82, 2.24) is 0 Å². The van der Waals surface area contributed by atoms with Crippen molar-refractivity contribution >= 4 is 5.97 Å². The molecule has 0 unspecified atom stereocenters. The van der Waals surface area contributed by atoms with Gasteiger partial charge in [0.15, 0.2) is 0 Å². The Morgan fingerprint density at radius 2 is 1.74 bits per heavy atom. The molecule has 0 spiro atoms. The van der Waals surface area contributed by atoms with E-state index in [9.17, 15) is 4.79 Å². The molecule has 2 aromatic carbocycles. The van der Waals surface area contributed by atoms with Crippen LogP contribution in [0.25, 0.3) is 11.1 Å². The number of benzene rings is 2. The summed E-state index contributed by atoms with van der Waals surface area (Å²) in [5.41, 5.74) is 4.73. The number of carbonyl (C=O) groups excluding carboxylic acids is 1. The van der Waals surface area contributed by atoms with Crippen molar-refractivity contribution in [2.24, 2.45) is 0 Å². The molecular formula is C17H18O2. The Balaban J connectivity index is 2.32. The summed E-state index contributed by atoms with van der Waals surface area (Å²) in [5, 5.41) is 0. The van der Waals surface area contributed by atoms with Crippen LogP contribution in [0, 0.1) is 13.8 Å². The molecule has 2 heteroatoms. The summed E-state index contributed by atoms with van der Waals surface area (Å²) in [4.78, 5) is 11.3. The minimum absolute atomic E-state index is 0.211. The summed E-state index contributed by atoms with van der Waals surface area (Å²) in [7, 11) is 0. The van der Waals surface area contributed by atoms with Crippen molar-refractivity contribution in [2.75, 3.05) is 0 Å². The van der Waals surface area contributed by atoms with Gasteiger partial charge in [0.05, 0.1) is 0 Å². The molecule has 2 nitrogen and oxygen atoms in total. The van der Waals surface area contributed by atoms with Crippen molar-refractivity contribution in [3.8, 4) is 16.9 Å². The Morgan fingerprint density at radius 3 is 2.42 bits per heavy atom. The predicted octanol–water partition coefficient (Wildman–Crippen LogP) is 4.29. The number of esters is 1. The van der Waals surface area contributed by atoms with Crippen LogP contribution >= 0.6 is 0 Å². The van der Waals surface area contributed by atoms with Crippen LogP contribution in [-0.4, -0.2) is 5.97 Å². The molecule has 19 heavy (non-hydrogen) atoms. The van der Waals surface area contributed by atoms with Crippen LogP contribution in [0.4, 0.5) is 0 Å². The maximum absolute atomic E-state index is 11.3. The van der Waals surface area contributed by atoms with Gasteiger partial charge in [-0.1, -0.05) is 37.3 Å². The summed E-state index contributed by atoms with van der Waals surface area (Å²) in [6.45, 7) is 5.98. The highest BCUT2D eigenvalue weighted by Gasteiger charge is 2.04. The summed E-state index contributed by atoms with van der Waals surface area (Å²) in [6.07, 6.45) is 0.383. The van der Waals surface area contributed by atoms with Crippen LogP contribution in [0.2, 0.25) is 0 Å². The second-order valence-corrected chi connectivity index (χ2v) is 4.65. The first-order valence-corrected chi connectivity index (χ1v) is 6.48. The molecular weight excluding hydrogens is 236 g/mol. The van der Waals surface area contributed by atoms with E-state index in [1.807, 2.05) is 18.2 Å². The molecule has 0 aliphatic carbocycles. The lowest BCUT2D eigenvalue weighted by Crippen LogP contribution is -2.05. The first-order valence-electron chi connectivity index (χ1n) is 6.48. The highest BCUT2D eigenvalue weighted by molar-refractivity contribution is 5.73. The van der Waals surface area contributed by atoms with Crippen LogP contribution in [-0.2, 0) is 4.79 Å². The summed E-state index contributed by atoms with van der Waals surface area (Å²) < 4.78 is 5.24. The molecule has 0 aliphatic heterocycles. The van der Waals surface area contributed by atoms with Crippen LogP contribution in [0.1, 0.15) is 24.5 Å². The van der Waals surface area contributed by atoms with Gasteiger partial charge in [0.1, 0.15) is 5.75 Å². The first-order chi connectivity index (χ1) is 9.10. The van der Waals surface area contributed by atoms with Gasteiger partial charge in [-0.05, 0) is 48.2 Å². The van der Waals surface area contributed by atoms with Gasteiger partial charge < -0.3 is 4.74 Å². The zero-order valence-corrected chi connectivity index (χ0v) is 11.6. The van der Waals surface area contributed by atoms with E-state index in [0.29, 0.717) is 12.2 Å². The van der Waals surface area contributed by atoms with Gasteiger partial charge in [-0.2, -0.15) is 0 Å². The van der Waals surface area contributed by atoms with Crippen LogP contribution in [0.5, 0.6) is 5.75 Å². The quantitative estimate of drug-likeness (QED) is 0.603. The SMILES string of the molecule is CCC(=O)Oc1cccc(-c2ccc(C)c(C)c2)c1. The third-order valence-electron chi connectivity index (χ3n) is 3.19. The molecule has 0 saturated heterocycles. The van der Waals surface area contributed by atoms with E-state index in [-0.39, 0.29) is 5.97 Å². The predicted molar refractivity (Wildman–Crippen MR) is 77.3 cm³/mol. The van der Waals surface area contributed by atoms with Crippen molar-refractivity contribution < 1.29 is 9.53 Å². The maximum Gasteiger partial charge on any atom is 0.310 e. The van der Waals surface area contributed by atoms with Gasteiger partial charge in [0.25, 0.3) is 0 Å². The Morgan fingerprint density at radius 1 is 1.00 bits per heavy atom. The number of hydrogen-bond acceptors (Lipinski definition) is 2. The highest BCUT2D eigenvalue weighted by atomic mass is 16.5. The van der Waals surface area contributed by atoms with Crippen LogP contribution in [0.15, 0.2) is 42.5 Å². The molecule has 0 saturated carbocycles. The second-order valence-electron chi connectivity index (χ2n) is 4.65. The zero-order chi connectivity index (χ0) is 13.8. The Bertz CT molecular complexity index is 600. The molecule has 98 valence electrons. The lowest BCUT2D eigenvalue weighted by Gasteiger charge is -2.08. The third-order valence-corrected chi connectivity index (χ3v) is 3.19. The minimum atomic E-state index is -0.211. The number of carbonyl (C=O) groups is 1. The highest BCUT2D eigenvalue weighted by Crippen LogP contribution is 2.25. The Kier molecular flexibility index (Phi) is 4.00. The molecule has 0 amide bonds. The molecule has 0 fully saturated rings. The van der Waals surface area contributed by atoms with Crippen LogP contribution in [0.3, 0.4) is 0 Å². The van der Waals surface area contributed by atoms with E-state index in [2.05, 4.69) is 32.0 Å². The summed E-state index contributed by atoms with van der Waals surface area (Å²) >= 11 is 0.